The van der Waals surface area contributed by atoms with Gasteiger partial charge in [-0.05, 0) is 48.5 Å². The lowest BCUT2D eigenvalue weighted by Gasteiger charge is -2.09. The molecule has 1 heterocycles. The third kappa shape index (κ3) is 4.08. The van der Waals surface area contributed by atoms with Gasteiger partial charge in [-0.25, -0.2) is 4.39 Å². The summed E-state index contributed by atoms with van der Waals surface area (Å²) in [5.41, 5.74) is 2.03. The van der Waals surface area contributed by atoms with Crippen LogP contribution in [0.25, 0.3) is 0 Å². The topological polar surface area (TPSA) is 54.0 Å². The molecule has 4 nitrogen and oxygen atoms in total. The molecule has 3 aromatic rings. The van der Waals surface area contributed by atoms with Gasteiger partial charge < -0.3 is 10.6 Å². The Hall–Kier alpha value is -2.92. The zero-order valence-electron chi connectivity index (χ0n) is 12.5. The van der Waals surface area contributed by atoms with Gasteiger partial charge in [0, 0.05) is 28.3 Å². The van der Waals surface area contributed by atoms with Gasteiger partial charge >= 0.3 is 0 Å². The average Bonchev–Trinajstić information content (AvgIpc) is 2.55. The maximum atomic E-state index is 13.2. The van der Waals surface area contributed by atoms with E-state index in [1.165, 1.54) is 18.3 Å². The summed E-state index contributed by atoms with van der Waals surface area (Å²) in [6, 6.07) is 16.2. The number of hydrogen-bond donors (Lipinski definition) is 2. The van der Waals surface area contributed by atoms with Crippen molar-refractivity contribution in [2.45, 2.75) is 0 Å². The van der Waals surface area contributed by atoms with E-state index in [-0.39, 0.29) is 17.4 Å². The first-order valence-corrected chi connectivity index (χ1v) is 7.53. The molecule has 0 unspecified atom stereocenters. The number of anilines is 3. The van der Waals surface area contributed by atoms with Crippen LogP contribution in [0.2, 0.25) is 5.02 Å². The normalized spacial score (nSPS) is 10.2. The van der Waals surface area contributed by atoms with Crippen LogP contribution in [0.3, 0.4) is 0 Å². The molecular formula is C18H13ClFN3O. The molecule has 0 aliphatic rings. The van der Waals surface area contributed by atoms with Crippen LogP contribution in [0, 0.1) is 5.82 Å². The number of carbonyl (C=O) groups excluding carboxylic acids is 1. The Morgan fingerprint density at radius 2 is 1.71 bits per heavy atom. The van der Waals surface area contributed by atoms with Gasteiger partial charge in [0.15, 0.2) is 0 Å². The lowest BCUT2D eigenvalue weighted by atomic mass is 10.2. The van der Waals surface area contributed by atoms with Crippen LogP contribution < -0.4 is 10.6 Å². The molecule has 6 heteroatoms. The van der Waals surface area contributed by atoms with Gasteiger partial charge in [-0.3, -0.25) is 9.78 Å². The van der Waals surface area contributed by atoms with Crippen molar-refractivity contribution in [3.63, 3.8) is 0 Å². The molecular weight excluding hydrogens is 329 g/mol. The van der Waals surface area contributed by atoms with Gasteiger partial charge in [0.1, 0.15) is 11.5 Å². The lowest BCUT2D eigenvalue weighted by molar-refractivity contribution is 0.102. The van der Waals surface area contributed by atoms with Gasteiger partial charge in [0.2, 0.25) is 0 Å². The average molecular weight is 342 g/mol. The van der Waals surface area contributed by atoms with E-state index in [4.69, 9.17) is 11.6 Å². The first kappa shape index (κ1) is 16.0. The molecule has 1 amide bonds. The standard InChI is InChI=1S/C18H13ClFN3O/c19-12-3-1-5-14(9-12)23-18(24)17-11-16(7-8-21-17)22-15-6-2-4-13(20)10-15/h1-11H,(H,21,22)(H,23,24). The van der Waals surface area contributed by atoms with Crippen molar-refractivity contribution in [1.29, 1.82) is 0 Å². The Bertz CT molecular complexity index is 885. The van der Waals surface area contributed by atoms with E-state index in [0.717, 1.165) is 0 Å². The second-order valence-electron chi connectivity index (χ2n) is 5.03. The fourth-order valence-corrected chi connectivity index (χ4v) is 2.32. The van der Waals surface area contributed by atoms with E-state index in [1.54, 1.807) is 48.5 Å². The van der Waals surface area contributed by atoms with Crippen molar-refractivity contribution < 1.29 is 9.18 Å². The number of nitrogens with zero attached hydrogens (tertiary/aromatic N) is 1. The predicted octanol–water partition coefficient (Wildman–Crippen LogP) is 4.87. The molecule has 0 fully saturated rings. The molecule has 0 saturated heterocycles. The van der Waals surface area contributed by atoms with E-state index < -0.39 is 0 Å². The number of hydrogen-bond acceptors (Lipinski definition) is 3. The first-order chi connectivity index (χ1) is 11.6. The summed E-state index contributed by atoms with van der Waals surface area (Å²) in [6.45, 7) is 0. The molecule has 1 aromatic heterocycles. The molecule has 24 heavy (non-hydrogen) atoms. The van der Waals surface area contributed by atoms with Crippen molar-refractivity contribution in [3.8, 4) is 0 Å². The zero-order chi connectivity index (χ0) is 16.9. The summed E-state index contributed by atoms with van der Waals surface area (Å²) in [5, 5.41) is 6.29. The summed E-state index contributed by atoms with van der Waals surface area (Å²) < 4.78 is 13.2. The summed E-state index contributed by atoms with van der Waals surface area (Å²) in [5.74, 6) is -0.701. The monoisotopic (exact) mass is 341 g/mol. The molecule has 0 spiro atoms. The smallest absolute Gasteiger partial charge is 0.274 e. The van der Waals surface area contributed by atoms with Crippen molar-refractivity contribution in [3.05, 3.63) is 83.4 Å². The molecule has 0 atom stereocenters. The molecule has 0 bridgehead atoms. The van der Waals surface area contributed by atoms with Crippen LogP contribution in [0.4, 0.5) is 21.5 Å². The SMILES string of the molecule is O=C(Nc1cccc(Cl)c1)c1cc(Nc2cccc(F)c2)ccn1. The number of nitrogens with one attached hydrogen (secondary N) is 2. The van der Waals surface area contributed by atoms with E-state index in [0.29, 0.717) is 22.1 Å². The molecule has 0 saturated carbocycles. The molecule has 0 radical (unpaired) electrons. The molecule has 2 N–H and O–H groups in total. The van der Waals surface area contributed by atoms with Gasteiger partial charge in [-0.1, -0.05) is 23.7 Å². The van der Waals surface area contributed by atoms with Gasteiger partial charge in [-0.2, -0.15) is 0 Å². The highest BCUT2D eigenvalue weighted by atomic mass is 35.5. The van der Waals surface area contributed by atoms with Gasteiger partial charge in [0.05, 0.1) is 0 Å². The Kier molecular flexibility index (Phi) is 4.72. The zero-order valence-corrected chi connectivity index (χ0v) is 13.2. The van der Waals surface area contributed by atoms with E-state index in [9.17, 15) is 9.18 Å². The van der Waals surface area contributed by atoms with Crippen molar-refractivity contribution in [1.82, 2.24) is 4.98 Å². The molecule has 0 aliphatic carbocycles. The van der Waals surface area contributed by atoms with Crippen molar-refractivity contribution in [2.75, 3.05) is 10.6 Å². The second kappa shape index (κ2) is 7.10. The van der Waals surface area contributed by atoms with E-state index in [1.807, 2.05) is 0 Å². The fourth-order valence-electron chi connectivity index (χ4n) is 2.13. The Labute approximate surface area is 143 Å². The van der Waals surface area contributed by atoms with Gasteiger partial charge in [-0.15, -0.1) is 0 Å². The molecule has 2 aromatic carbocycles. The summed E-state index contributed by atoms with van der Waals surface area (Å²) >= 11 is 5.90. The highest BCUT2D eigenvalue weighted by molar-refractivity contribution is 6.30. The highest BCUT2D eigenvalue weighted by Gasteiger charge is 2.09. The van der Waals surface area contributed by atoms with Crippen molar-refractivity contribution >= 4 is 34.6 Å². The number of carbonyl (C=O) groups is 1. The first-order valence-electron chi connectivity index (χ1n) is 7.16. The number of benzene rings is 2. The second-order valence-corrected chi connectivity index (χ2v) is 5.47. The summed E-state index contributed by atoms with van der Waals surface area (Å²) in [4.78, 5) is 16.3. The molecule has 120 valence electrons. The predicted molar refractivity (Wildman–Crippen MR) is 93.3 cm³/mol. The lowest BCUT2D eigenvalue weighted by Crippen LogP contribution is -2.13. The van der Waals surface area contributed by atoms with Crippen LogP contribution in [-0.2, 0) is 0 Å². The maximum Gasteiger partial charge on any atom is 0.274 e. The quantitative estimate of drug-likeness (QED) is 0.711. The summed E-state index contributed by atoms with van der Waals surface area (Å²) in [7, 11) is 0. The Morgan fingerprint density at radius 1 is 0.958 bits per heavy atom. The highest BCUT2D eigenvalue weighted by Crippen LogP contribution is 2.19. The fraction of sp³-hybridized carbons (Fsp3) is 0. The van der Waals surface area contributed by atoms with Crippen LogP contribution in [0.5, 0.6) is 0 Å². The number of pyridine rings is 1. The van der Waals surface area contributed by atoms with Crippen LogP contribution >= 0.6 is 11.6 Å². The largest absolute Gasteiger partial charge is 0.355 e. The van der Waals surface area contributed by atoms with Gasteiger partial charge in [0.25, 0.3) is 5.91 Å². The number of rotatable bonds is 4. The van der Waals surface area contributed by atoms with Crippen molar-refractivity contribution in [2.24, 2.45) is 0 Å². The van der Waals surface area contributed by atoms with Crippen LogP contribution in [0.1, 0.15) is 10.5 Å². The summed E-state index contributed by atoms with van der Waals surface area (Å²) in [6.07, 6.45) is 1.51. The third-order valence-corrected chi connectivity index (χ3v) is 3.42. The van der Waals surface area contributed by atoms with Crippen LogP contribution in [0.15, 0.2) is 66.9 Å². The van der Waals surface area contributed by atoms with Crippen LogP contribution in [-0.4, -0.2) is 10.9 Å². The van der Waals surface area contributed by atoms with E-state index in [2.05, 4.69) is 15.6 Å². The minimum absolute atomic E-state index is 0.233. The number of amides is 1. The minimum Gasteiger partial charge on any atom is -0.355 e. The maximum absolute atomic E-state index is 13.2. The van der Waals surface area contributed by atoms with E-state index >= 15 is 0 Å². The minimum atomic E-state index is -0.361. The molecule has 3 rings (SSSR count). The Balaban J connectivity index is 1.76. The number of halogens is 2. The number of aromatic nitrogens is 1. The molecule has 0 aliphatic heterocycles. The Morgan fingerprint density at radius 3 is 2.50 bits per heavy atom. The third-order valence-electron chi connectivity index (χ3n) is 3.19.